The van der Waals surface area contributed by atoms with Crippen molar-refractivity contribution in [2.75, 3.05) is 6.54 Å². The number of hydrogen-bond acceptors (Lipinski definition) is 3. The number of carbonyl (C=O) groups is 2. The van der Waals surface area contributed by atoms with Gasteiger partial charge in [0.2, 0.25) is 0 Å². The molecule has 0 radical (unpaired) electrons. The molecule has 1 fully saturated rings. The fourth-order valence-corrected chi connectivity index (χ4v) is 4.30. The molecule has 1 amide bonds. The number of allylic oxidation sites excluding steroid dienone is 1. The highest BCUT2D eigenvalue weighted by Crippen LogP contribution is 2.37. The maximum Gasteiger partial charge on any atom is 0.254 e. The normalized spacial score (nSPS) is 18.7. The molecule has 1 aliphatic heterocycles. The second-order valence-corrected chi connectivity index (χ2v) is 7.90. The van der Waals surface area contributed by atoms with Crippen molar-refractivity contribution < 1.29 is 18.4 Å². The number of terminal acetylenes is 1. The number of carbonyl (C=O) groups excluding carboxylic acids is 2. The molecule has 2 aliphatic rings. The van der Waals surface area contributed by atoms with E-state index in [2.05, 4.69) is 11.2 Å². The molecule has 158 valence electrons. The molecule has 0 saturated heterocycles. The number of benzene rings is 2. The predicted octanol–water partition coefficient (Wildman–Crippen LogP) is 3.98. The largest absolute Gasteiger partial charge is 0.359 e. The Morgan fingerprint density at radius 1 is 1.29 bits per heavy atom. The predicted molar refractivity (Wildman–Crippen MR) is 113 cm³/mol. The van der Waals surface area contributed by atoms with Crippen LogP contribution < -0.4 is 5.32 Å². The number of halogens is 2. The van der Waals surface area contributed by atoms with Gasteiger partial charge in [-0.15, -0.1) is 6.42 Å². The summed E-state index contributed by atoms with van der Waals surface area (Å²) in [4.78, 5) is 27.4. The van der Waals surface area contributed by atoms with Crippen LogP contribution >= 0.6 is 0 Å². The minimum atomic E-state index is -0.662. The summed E-state index contributed by atoms with van der Waals surface area (Å²) in [5.74, 6) is 0.869. The standard InChI is InChI=1S/C25H22F2N2O2/c1-3-12-29-14-20-18(8-5-9-21(20)27)23(15(29)2)25(31)28-24(19-10-11-22(19)30)16-6-4-7-17(26)13-16/h1,4-9,13,19,24H,10-12,14H2,2H3,(H,28,31)/t19?,24-/m1/s1. The summed E-state index contributed by atoms with van der Waals surface area (Å²) in [6.07, 6.45) is 6.53. The van der Waals surface area contributed by atoms with E-state index < -0.39 is 29.5 Å². The van der Waals surface area contributed by atoms with Gasteiger partial charge in [-0.3, -0.25) is 9.59 Å². The first-order valence-electron chi connectivity index (χ1n) is 10.2. The number of nitrogens with zero attached hydrogens (tertiary/aromatic N) is 1. The van der Waals surface area contributed by atoms with E-state index in [1.54, 1.807) is 36.1 Å². The first-order chi connectivity index (χ1) is 14.9. The van der Waals surface area contributed by atoms with Gasteiger partial charge < -0.3 is 10.2 Å². The van der Waals surface area contributed by atoms with Crippen molar-refractivity contribution >= 4 is 17.3 Å². The van der Waals surface area contributed by atoms with Crippen LogP contribution in [0, 0.1) is 29.9 Å². The van der Waals surface area contributed by atoms with E-state index in [-0.39, 0.29) is 18.9 Å². The first kappa shape index (κ1) is 20.8. The van der Waals surface area contributed by atoms with Crippen molar-refractivity contribution in [2.45, 2.75) is 32.4 Å². The van der Waals surface area contributed by atoms with E-state index in [4.69, 9.17) is 6.42 Å². The van der Waals surface area contributed by atoms with Gasteiger partial charge in [0, 0.05) is 30.1 Å². The summed E-state index contributed by atoms with van der Waals surface area (Å²) in [6.45, 7) is 2.26. The number of amides is 1. The number of nitrogens with one attached hydrogen (secondary N) is 1. The molecule has 4 nitrogen and oxygen atoms in total. The second kappa shape index (κ2) is 8.35. The topological polar surface area (TPSA) is 49.4 Å². The van der Waals surface area contributed by atoms with Crippen LogP contribution in [-0.2, 0) is 16.1 Å². The zero-order valence-electron chi connectivity index (χ0n) is 17.1. The van der Waals surface area contributed by atoms with E-state index in [1.807, 2.05) is 0 Å². The monoisotopic (exact) mass is 420 g/mol. The average Bonchev–Trinajstić information content (AvgIpc) is 2.73. The van der Waals surface area contributed by atoms with Gasteiger partial charge in [-0.1, -0.05) is 30.2 Å². The Hall–Kier alpha value is -3.46. The van der Waals surface area contributed by atoms with Crippen LogP contribution in [0.4, 0.5) is 8.78 Å². The van der Waals surface area contributed by atoms with Crippen LogP contribution in [0.3, 0.4) is 0 Å². The molecule has 1 N–H and O–H groups in total. The molecule has 1 unspecified atom stereocenters. The van der Waals surface area contributed by atoms with Crippen LogP contribution in [-0.4, -0.2) is 23.1 Å². The van der Waals surface area contributed by atoms with Crippen molar-refractivity contribution in [3.05, 3.63) is 76.5 Å². The van der Waals surface area contributed by atoms with Gasteiger partial charge in [-0.05, 0) is 42.7 Å². The third kappa shape index (κ3) is 3.84. The lowest BCUT2D eigenvalue weighted by molar-refractivity contribution is -0.131. The molecule has 1 aliphatic carbocycles. The molecule has 1 saturated carbocycles. The highest BCUT2D eigenvalue weighted by atomic mass is 19.1. The van der Waals surface area contributed by atoms with Gasteiger partial charge in [0.25, 0.3) is 5.91 Å². The quantitative estimate of drug-likeness (QED) is 0.745. The van der Waals surface area contributed by atoms with Crippen LogP contribution in [0.2, 0.25) is 0 Å². The molecular formula is C25H22F2N2O2. The summed E-state index contributed by atoms with van der Waals surface area (Å²) in [5.41, 5.74) is 2.37. The summed E-state index contributed by atoms with van der Waals surface area (Å²) < 4.78 is 28.4. The van der Waals surface area contributed by atoms with Crippen molar-refractivity contribution in [3.63, 3.8) is 0 Å². The van der Waals surface area contributed by atoms with E-state index in [1.165, 1.54) is 18.2 Å². The zero-order valence-corrected chi connectivity index (χ0v) is 17.1. The highest BCUT2D eigenvalue weighted by molar-refractivity contribution is 6.21. The average molecular weight is 420 g/mol. The lowest BCUT2D eigenvalue weighted by atomic mass is 9.75. The Balaban J connectivity index is 1.74. The van der Waals surface area contributed by atoms with Crippen LogP contribution in [0.15, 0.2) is 48.2 Å². The molecule has 2 aromatic carbocycles. The summed E-state index contributed by atoms with van der Waals surface area (Å²) in [7, 11) is 0. The molecule has 4 rings (SSSR count). The van der Waals surface area contributed by atoms with E-state index >= 15 is 0 Å². The van der Waals surface area contributed by atoms with Gasteiger partial charge in [0.15, 0.2) is 0 Å². The van der Waals surface area contributed by atoms with Crippen molar-refractivity contribution in [2.24, 2.45) is 5.92 Å². The Morgan fingerprint density at radius 3 is 2.71 bits per heavy atom. The fourth-order valence-electron chi connectivity index (χ4n) is 4.30. The molecule has 1 heterocycles. The molecule has 0 aromatic heterocycles. The molecule has 2 aromatic rings. The first-order valence-corrected chi connectivity index (χ1v) is 10.2. The van der Waals surface area contributed by atoms with E-state index in [0.29, 0.717) is 40.8 Å². The van der Waals surface area contributed by atoms with Crippen LogP contribution in [0.25, 0.3) is 5.57 Å². The number of Topliss-reactive ketones (excluding diaryl/α,β-unsaturated/α-hetero) is 1. The summed E-state index contributed by atoms with van der Waals surface area (Å²) in [5, 5.41) is 2.93. The lowest BCUT2D eigenvalue weighted by Gasteiger charge is -2.35. The zero-order chi connectivity index (χ0) is 22.1. The van der Waals surface area contributed by atoms with E-state index in [9.17, 15) is 18.4 Å². The molecular weight excluding hydrogens is 398 g/mol. The minimum Gasteiger partial charge on any atom is -0.359 e. The van der Waals surface area contributed by atoms with Gasteiger partial charge in [-0.25, -0.2) is 8.78 Å². The number of fused-ring (bicyclic) bond motifs is 1. The SMILES string of the molecule is C#CCN1Cc2c(F)cccc2C(C(=O)N[C@H](c2cccc(F)c2)C2CCC2=O)=C1C. The lowest BCUT2D eigenvalue weighted by Crippen LogP contribution is -2.42. The molecule has 0 spiro atoms. The smallest absolute Gasteiger partial charge is 0.254 e. The Kier molecular flexibility index (Phi) is 5.60. The van der Waals surface area contributed by atoms with E-state index in [0.717, 1.165) is 0 Å². The Bertz CT molecular complexity index is 1130. The molecule has 31 heavy (non-hydrogen) atoms. The Morgan fingerprint density at radius 2 is 2.06 bits per heavy atom. The summed E-state index contributed by atoms with van der Waals surface area (Å²) >= 11 is 0. The van der Waals surface area contributed by atoms with Crippen molar-refractivity contribution in [3.8, 4) is 12.3 Å². The maximum absolute atomic E-state index is 14.5. The van der Waals surface area contributed by atoms with Gasteiger partial charge in [0.1, 0.15) is 17.4 Å². The number of hydrogen-bond donors (Lipinski definition) is 1. The molecule has 6 heteroatoms. The van der Waals surface area contributed by atoms with Gasteiger partial charge in [0.05, 0.1) is 18.2 Å². The van der Waals surface area contributed by atoms with Gasteiger partial charge in [-0.2, -0.15) is 0 Å². The van der Waals surface area contributed by atoms with Gasteiger partial charge >= 0.3 is 0 Å². The highest BCUT2D eigenvalue weighted by Gasteiger charge is 2.38. The maximum atomic E-state index is 14.5. The summed E-state index contributed by atoms with van der Waals surface area (Å²) in [6, 6.07) is 9.85. The third-order valence-corrected chi connectivity index (χ3v) is 6.09. The minimum absolute atomic E-state index is 0.0318. The second-order valence-electron chi connectivity index (χ2n) is 7.90. The molecule has 0 bridgehead atoms. The fraction of sp³-hybridized carbons (Fsp3) is 0.280. The third-order valence-electron chi connectivity index (χ3n) is 6.09. The van der Waals surface area contributed by atoms with Crippen LogP contribution in [0.1, 0.15) is 42.5 Å². The molecule has 2 atom stereocenters. The Labute approximate surface area is 179 Å². The number of ketones is 1. The van der Waals surface area contributed by atoms with Crippen LogP contribution in [0.5, 0.6) is 0 Å². The van der Waals surface area contributed by atoms with Crippen molar-refractivity contribution in [1.82, 2.24) is 10.2 Å². The van der Waals surface area contributed by atoms with Crippen molar-refractivity contribution in [1.29, 1.82) is 0 Å². The number of rotatable bonds is 5.